The number of pyridine rings is 1. The number of carbonyl (C=O) groups excluding carboxylic acids is 1. The van der Waals surface area contributed by atoms with Gasteiger partial charge in [-0.15, -0.1) is 0 Å². The van der Waals surface area contributed by atoms with Gasteiger partial charge in [-0.25, -0.2) is 0 Å². The van der Waals surface area contributed by atoms with E-state index in [-0.39, 0.29) is 12.1 Å². The fourth-order valence-corrected chi connectivity index (χ4v) is 3.27. The van der Waals surface area contributed by atoms with Gasteiger partial charge >= 0.3 is 0 Å². The average molecular weight is 324 g/mol. The molecule has 0 bridgehead atoms. The molecule has 1 aliphatic heterocycles. The highest BCUT2D eigenvalue weighted by atomic mass is 16.1. The summed E-state index contributed by atoms with van der Waals surface area (Å²) in [5, 5.41) is 6.37. The van der Waals surface area contributed by atoms with Crippen LogP contribution in [0.1, 0.15) is 18.3 Å². The van der Waals surface area contributed by atoms with Gasteiger partial charge in [-0.2, -0.15) is 0 Å². The largest absolute Gasteiger partial charge is 0.347 e. The van der Waals surface area contributed by atoms with Crippen LogP contribution in [0.15, 0.2) is 36.4 Å². The molecule has 1 aliphatic rings. The van der Waals surface area contributed by atoms with E-state index in [0.717, 1.165) is 47.8 Å². The third kappa shape index (κ3) is 3.41. The number of benzene rings is 1. The van der Waals surface area contributed by atoms with Crippen molar-refractivity contribution in [3.8, 4) is 11.1 Å². The molecule has 24 heavy (non-hydrogen) atoms. The maximum Gasteiger partial charge on any atom is 0.218 e. The topological polar surface area (TPSA) is 57.3 Å². The van der Waals surface area contributed by atoms with E-state index in [2.05, 4.69) is 33.7 Å². The lowest BCUT2D eigenvalue weighted by Crippen LogP contribution is -2.59. The molecular formula is C19H24N4O. The zero-order valence-corrected chi connectivity index (χ0v) is 14.5. The van der Waals surface area contributed by atoms with Gasteiger partial charge in [-0.05, 0) is 25.5 Å². The van der Waals surface area contributed by atoms with Crippen molar-refractivity contribution in [2.75, 3.05) is 24.5 Å². The van der Waals surface area contributed by atoms with Crippen molar-refractivity contribution in [2.24, 2.45) is 0 Å². The number of carbonyl (C=O) groups is 1. The number of rotatable bonds is 3. The summed E-state index contributed by atoms with van der Waals surface area (Å²) in [7, 11) is 0. The van der Waals surface area contributed by atoms with Gasteiger partial charge in [-0.3, -0.25) is 9.78 Å². The van der Waals surface area contributed by atoms with Gasteiger partial charge in [0.2, 0.25) is 5.91 Å². The van der Waals surface area contributed by atoms with Gasteiger partial charge < -0.3 is 15.5 Å². The van der Waals surface area contributed by atoms with Crippen LogP contribution < -0.4 is 15.5 Å². The Morgan fingerprint density at radius 2 is 2.00 bits per heavy atom. The van der Waals surface area contributed by atoms with E-state index in [1.54, 1.807) is 6.92 Å². The molecule has 2 heterocycles. The highest BCUT2D eigenvalue weighted by Crippen LogP contribution is 2.30. The van der Waals surface area contributed by atoms with Gasteiger partial charge in [0.25, 0.3) is 0 Å². The first-order chi connectivity index (χ1) is 11.6. The lowest BCUT2D eigenvalue weighted by Gasteiger charge is -2.38. The molecule has 1 fully saturated rings. The molecule has 1 aromatic heterocycles. The Bertz CT molecular complexity index is 730. The van der Waals surface area contributed by atoms with Gasteiger partial charge in [0, 0.05) is 37.8 Å². The van der Waals surface area contributed by atoms with Crippen LogP contribution in [0.5, 0.6) is 0 Å². The minimum Gasteiger partial charge on any atom is -0.347 e. The minimum absolute atomic E-state index is 0.0188. The van der Waals surface area contributed by atoms with Crippen molar-refractivity contribution in [2.45, 2.75) is 26.9 Å². The Balaban J connectivity index is 2.01. The molecule has 1 amide bonds. The maximum atomic E-state index is 11.5. The lowest BCUT2D eigenvalue weighted by atomic mass is 10.0. The molecule has 126 valence electrons. The van der Waals surface area contributed by atoms with Crippen molar-refractivity contribution in [1.82, 2.24) is 15.6 Å². The fraction of sp³-hybridized carbons (Fsp3) is 0.368. The van der Waals surface area contributed by atoms with Crippen LogP contribution in [-0.4, -0.2) is 36.7 Å². The number of nitrogens with zero attached hydrogens (tertiary/aromatic N) is 2. The predicted octanol–water partition coefficient (Wildman–Crippen LogP) is 2.24. The molecule has 0 radical (unpaired) electrons. The molecule has 1 unspecified atom stereocenters. The van der Waals surface area contributed by atoms with Crippen molar-refractivity contribution >= 4 is 11.6 Å². The maximum absolute atomic E-state index is 11.5. The van der Waals surface area contributed by atoms with Crippen molar-refractivity contribution in [3.05, 3.63) is 47.8 Å². The number of amides is 1. The lowest BCUT2D eigenvalue weighted by molar-refractivity contribution is -0.119. The SMILES string of the molecule is CC(=O)NC1CNCCN1c1cc(-c2ccccc2)c(C)nc1C. The quantitative estimate of drug-likeness (QED) is 0.909. The first kappa shape index (κ1) is 16.5. The number of hydrogen-bond acceptors (Lipinski definition) is 4. The summed E-state index contributed by atoms with van der Waals surface area (Å²) in [5.41, 5.74) is 5.39. The molecule has 5 heteroatoms. The molecule has 2 N–H and O–H groups in total. The number of anilines is 1. The second-order valence-corrected chi connectivity index (χ2v) is 6.21. The number of hydrogen-bond donors (Lipinski definition) is 2. The first-order valence-corrected chi connectivity index (χ1v) is 8.34. The van der Waals surface area contributed by atoms with Crippen LogP contribution in [0.4, 0.5) is 5.69 Å². The summed E-state index contributed by atoms with van der Waals surface area (Å²) in [6, 6.07) is 12.5. The summed E-state index contributed by atoms with van der Waals surface area (Å²) >= 11 is 0. The zero-order chi connectivity index (χ0) is 17.1. The molecule has 0 aliphatic carbocycles. The van der Waals surface area contributed by atoms with E-state index in [1.165, 1.54) is 0 Å². The standard InChI is InChI=1S/C19H24N4O/c1-13-17(16-7-5-4-6-8-16)11-18(14(2)21-13)23-10-9-20-12-19(23)22-15(3)24/h4-8,11,19-20H,9-10,12H2,1-3H3,(H,22,24). The molecule has 0 spiro atoms. The molecule has 1 saturated heterocycles. The molecule has 2 aromatic rings. The molecule has 1 atom stereocenters. The van der Waals surface area contributed by atoms with Gasteiger partial charge in [0.05, 0.1) is 11.4 Å². The van der Waals surface area contributed by atoms with Crippen LogP contribution in [0.2, 0.25) is 0 Å². The average Bonchev–Trinajstić information content (AvgIpc) is 2.56. The Hall–Kier alpha value is -2.40. The third-order valence-electron chi connectivity index (χ3n) is 4.38. The summed E-state index contributed by atoms with van der Waals surface area (Å²) in [6.07, 6.45) is -0.0527. The molecule has 5 nitrogen and oxygen atoms in total. The van der Waals surface area contributed by atoms with Crippen LogP contribution in [0.25, 0.3) is 11.1 Å². The van der Waals surface area contributed by atoms with Crippen LogP contribution in [0.3, 0.4) is 0 Å². The Morgan fingerprint density at radius 3 is 2.71 bits per heavy atom. The minimum atomic E-state index is -0.0527. The van der Waals surface area contributed by atoms with E-state index in [1.807, 2.05) is 32.0 Å². The molecule has 1 aromatic carbocycles. The number of nitrogens with one attached hydrogen (secondary N) is 2. The van der Waals surface area contributed by atoms with Crippen molar-refractivity contribution < 1.29 is 4.79 Å². The number of aromatic nitrogens is 1. The van der Waals surface area contributed by atoms with Gasteiger partial charge in [0.15, 0.2) is 0 Å². The highest BCUT2D eigenvalue weighted by Gasteiger charge is 2.25. The summed E-state index contributed by atoms with van der Waals surface area (Å²) < 4.78 is 0. The predicted molar refractivity (Wildman–Crippen MR) is 97.0 cm³/mol. The smallest absolute Gasteiger partial charge is 0.218 e. The third-order valence-corrected chi connectivity index (χ3v) is 4.38. The highest BCUT2D eigenvalue weighted by molar-refractivity contribution is 5.75. The Morgan fingerprint density at radius 1 is 1.25 bits per heavy atom. The number of aryl methyl sites for hydroxylation is 2. The van der Waals surface area contributed by atoms with Crippen molar-refractivity contribution in [3.63, 3.8) is 0 Å². The molecular weight excluding hydrogens is 300 g/mol. The summed E-state index contributed by atoms with van der Waals surface area (Å²) in [6.45, 7) is 8.09. The van der Waals surface area contributed by atoms with E-state index in [9.17, 15) is 4.79 Å². The second kappa shape index (κ2) is 7.01. The Labute approximate surface area is 143 Å². The monoisotopic (exact) mass is 324 g/mol. The van der Waals surface area contributed by atoms with E-state index >= 15 is 0 Å². The fourth-order valence-electron chi connectivity index (χ4n) is 3.27. The molecule has 0 saturated carbocycles. The van der Waals surface area contributed by atoms with Gasteiger partial charge in [0.1, 0.15) is 6.17 Å². The van der Waals surface area contributed by atoms with E-state index in [4.69, 9.17) is 4.98 Å². The van der Waals surface area contributed by atoms with E-state index in [0.29, 0.717) is 0 Å². The van der Waals surface area contributed by atoms with Gasteiger partial charge in [-0.1, -0.05) is 30.3 Å². The summed E-state index contributed by atoms with van der Waals surface area (Å²) in [5.74, 6) is -0.0188. The first-order valence-electron chi connectivity index (χ1n) is 8.34. The van der Waals surface area contributed by atoms with Crippen LogP contribution in [0, 0.1) is 13.8 Å². The molecule has 3 rings (SSSR count). The second-order valence-electron chi connectivity index (χ2n) is 6.21. The normalized spacial score (nSPS) is 17.6. The van der Waals surface area contributed by atoms with Crippen molar-refractivity contribution in [1.29, 1.82) is 0 Å². The summed E-state index contributed by atoms with van der Waals surface area (Å²) in [4.78, 5) is 18.5. The van der Waals surface area contributed by atoms with Crippen LogP contribution >= 0.6 is 0 Å². The zero-order valence-electron chi connectivity index (χ0n) is 14.5. The van der Waals surface area contributed by atoms with E-state index < -0.39 is 0 Å². The Kier molecular flexibility index (Phi) is 4.81. The number of piperazine rings is 1. The van der Waals surface area contributed by atoms with Crippen LogP contribution in [-0.2, 0) is 4.79 Å².